The molecular formula is C14H13N2O4S-. The van der Waals surface area contributed by atoms with Crippen molar-refractivity contribution in [3.05, 3.63) is 34.8 Å². The highest BCUT2D eigenvalue weighted by atomic mass is 32.1. The number of benzene rings is 1. The first-order chi connectivity index (χ1) is 10.2. The monoisotopic (exact) mass is 305 g/mol. The van der Waals surface area contributed by atoms with Crippen molar-refractivity contribution in [3.63, 3.8) is 0 Å². The van der Waals surface area contributed by atoms with Gasteiger partial charge in [-0.05, 0) is 17.7 Å². The predicted octanol–water partition coefficient (Wildman–Crippen LogP) is 0.819. The molecular weight excluding hydrogens is 292 g/mol. The minimum absolute atomic E-state index is 0.164. The van der Waals surface area contributed by atoms with E-state index in [2.05, 4.69) is 10.3 Å². The molecule has 0 radical (unpaired) electrons. The molecule has 21 heavy (non-hydrogen) atoms. The van der Waals surface area contributed by atoms with Crippen LogP contribution in [-0.2, 0) is 17.8 Å². The Morgan fingerprint density at radius 3 is 2.95 bits per heavy atom. The Labute approximate surface area is 125 Å². The molecule has 2 heterocycles. The molecule has 1 aromatic carbocycles. The SMILES string of the molecule is O=C([O-])Cc1csc(NCc2ccc3c(c2)OCCO3)n1. The fourth-order valence-electron chi connectivity index (χ4n) is 1.99. The van der Waals surface area contributed by atoms with E-state index >= 15 is 0 Å². The molecule has 1 aromatic heterocycles. The van der Waals surface area contributed by atoms with E-state index < -0.39 is 5.97 Å². The summed E-state index contributed by atoms with van der Waals surface area (Å²) < 4.78 is 11.0. The molecule has 1 aliphatic rings. The van der Waals surface area contributed by atoms with Crippen LogP contribution in [0.15, 0.2) is 23.6 Å². The third-order valence-electron chi connectivity index (χ3n) is 2.93. The van der Waals surface area contributed by atoms with E-state index in [4.69, 9.17) is 9.47 Å². The van der Waals surface area contributed by atoms with Crippen molar-refractivity contribution in [3.8, 4) is 11.5 Å². The minimum atomic E-state index is -1.13. The van der Waals surface area contributed by atoms with Crippen LogP contribution < -0.4 is 19.9 Å². The number of fused-ring (bicyclic) bond motifs is 1. The summed E-state index contributed by atoms with van der Waals surface area (Å²) in [5, 5.41) is 16.1. The number of aliphatic carboxylic acids is 1. The first kappa shape index (κ1) is 13.7. The summed E-state index contributed by atoms with van der Waals surface area (Å²) in [7, 11) is 0. The molecule has 0 saturated heterocycles. The Morgan fingerprint density at radius 1 is 1.33 bits per heavy atom. The topological polar surface area (TPSA) is 83.5 Å². The number of nitrogens with zero attached hydrogens (tertiary/aromatic N) is 1. The summed E-state index contributed by atoms with van der Waals surface area (Å²) in [6, 6.07) is 5.77. The van der Waals surface area contributed by atoms with Gasteiger partial charge in [-0.25, -0.2) is 4.98 Å². The molecule has 110 valence electrons. The van der Waals surface area contributed by atoms with E-state index in [1.54, 1.807) is 5.38 Å². The largest absolute Gasteiger partial charge is 0.550 e. The average molecular weight is 305 g/mol. The predicted molar refractivity (Wildman–Crippen MR) is 75.6 cm³/mol. The Kier molecular flexibility index (Phi) is 3.92. The molecule has 1 aliphatic heterocycles. The second-order valence-electron chi connectivity index (χ2n) is 4.52. The van der Waals surface area contributed by atoms with Crippen molar-refractivity contribution in [1.29, 1.82) is 0 Å². The molecule has 3 rings (SSSR count). The van der Waals surface area contributed by atoms with Crippen LogP contribution in [0.2, 0.25) is 0 Å². The van der Waals surface area contributed by atoms with Crippen LogP contribution in [0, 0.1) is 0 Å². The van der Waals surface area contributed by atoms with Gasteiger partial charge in [0.1, 0.15) is 13.2 Å². The van der Waals surface area contributed by atoms with Crippen LogP contribution in [0.25, 0.3) is 0 Å². The molecule has 0 aliphatic carbocycles. The van der Waals surface area contributed by atoms with Gasteiger partial charge in [0.2, 0.25) is 0 Å². The second kappa shape index (κ2) is 6.01. The van der Waals surface area contributed by atoms with E-state index in [1.807, 2.05) is 18.2 Å². The highest BCUT2D eigenvalue weighted by molar-refractivity contribution is 7.13. The van der Waals surface area contributed by atoms with Crippen molar-refractivity contribution in [2.45, 2.75) is 13.0 Å². The standard InChI is InChI=1S/C14H14N2O4S/c17-13(18)6-10-8-21-14(16-10)15-7-9-1-2-11-12(5-9)20-4-3-19-11/h1-2,5,8H,3-4,6-7H2,(H,15,16)(H,17,18)/p-1. The van der Waals surface area contributed by atoms with E-state index in [0.29, 0.717) is 30.6 Å². The van der Waals surface area contributed by atoms with Crippen molar-refractivity contribution < 1.29 is 19.4 Å². The van der Waals surface area contributed by atoms with Crippen LogP contribution in [-0.4, -0.2) is 24.2 Å². The zero-order valence-electron chi connectivity index (χ0n) is 11.1. The lowest BCUT2D eigenvalue weighted by atomic mass is 10.2. The highest BCUT2D eigenvalue weighted by Gasteiger charge is 2.11. The van der Waals surface area contributed by atoms with E-state index in [0.717, 1.165) is 17.1 Å². The lowest BCUT2D eigenvalue weighted by molar-refractivity contribution is -0.304. The third kappa shape index (κ3) is 3.43. The Morgan fingerprint density at radius 2 is 2.14 bits per heavy atom. The maximum atomic E-state index is 10.5. The zero-order valence-corrected chi connectivity index (χ0v) is 11.9. The van der Waals surface area contributed by atoms with Crippen molar-refractivity contribution in [2.24, 2.45) is 0 Å². The van der Waals surface area contributed by atoms with Gasteiger partial charge in [-0.3, -0.25) is 0 Å². The summed E-state index contributed by atoms with van der Waals surface area (Å²) in [5.41, 5.74) is 1.54. The fourth-order valence-corrected chi connectivity index (χ4v) is 2.70. The normalized spacial score (nSPS) is 13.0. The molecule has 0 bridgehead atoms. The molecule has 6 nitrogen and oxygen atoms in total. The first-order valence-corrected chi connectivity index (χ1v) is 7.35. The van der Waals surface area contributed by atoms with Gasteiger partial charge in [-0.1, -0.05) is 6.07 Å². The number of nitrogens with one attached hydrogen (secondary N) is 1. The number of rotatable bonds is 5. The molecule has 2 aromatic rings. The molecule has 0 unspecified atom stereocenters. The van der Waals surface area contributed by atoms with Crippen molar-refractivity contribution in [2.75, 3.05) is 18.5 Å². The van der Waals surface area contributed by atoms with Gasteiger partial charge >= 0.3 is 0 Å². The number of ether oxygens (including phenoxy) is 2. The summed E-state index contributed by atoms with van der Waals surface area (Å²) in [5.74, 6) is 0.381. The summed E-state index contributed by atoms with van der Waals surface area (Å²) in [4.78, 5) is 14.7. The highest BCUT2D eigenvalue weighted by Crippen LogP contribution is 2.31. The summed E-state index contributed by atoms with van der Waals surface area (Å²) in [6.45, 7) is 1.71. The van der Waals surface area contributed by atoms with Gasteiger partial charge in [-0.15, -0.1) is 11.3 Å². The number of thiazole rings is 1. The fraction of sp³-hybridized carbons (Fsp3) is 0.286. The Hall–Kier alpha value is -2.28. The molecule has 0 atom stereocenters. The van der Waals surface area contributed by atoms with E-state index in [-0.39, 0.29) is 6.42 Å². The van der Waals surface area contributed by atoms with Gasteiger partial charge in [0, 0.05) is 24.3 Å². The summed E-state index contributed by atoms with van der Waals surface area (Å²) in [6.07, 6.45) is -0.164. The maximum absolute atomic E-state index is 10.5. The second-order valence-corrected chi connectivity index (χ2v) is 5.38. The molecule has 0 amide bonds. The molecule has 1 N–H and O–H groups in total. The number of hydrogen-bond acceptors (Lipinski definition) is 7. The van der Waals surface area contributed by atoms with Gasteiger partial charge in [-0.2, -0.15) is 0 Å². The quantitative estimate of drug-likeness (QED) is 0.880. The lowest BCUT2D eigenvalue weighted by Gasteiger charge is -2.18. The van der Waals surface area contributed by atoms with Crippen molar-refractivity contribution in [1.82, 2.24) is 4.98 Å². The molecule has 0 spiro atoms. The lowest BCUT2D eigenvalue weighted by Crippen LogP contribution is -2.24. The first-order valence-electron chi connectivity index (χ1n) is 6.47. The number of carbonyl (C=O) groups excluding carboxylic acids is 1. The zero-order chi connectivity index (χ0) is 14.7. The molecule has 0 saturated carbocycles. The minimum Gasteiger partial charge on any atom is -0.550 e. The maximum Gasteiger partial charge on any atom is 0.183 e. The third-order valence-corrected chi connectivity index (χ3v) is 3.78. The van der Waals surface area contributed by atoms with Crippen LogP contribution >= 0.6 is 11.3 Å². The van der Waals surface area contributed by atoms with Gasteiger partial charge in [0.05, 0.1) is 5.69 Å². The van der Waals surface area contributed by atoms with Gasteiger partial charge < -0.3 is 24.7 Å². The van der Waals surface area contributed by atoms with Gasteiger partial charge in [0.25, 0.3) is 0 Å². The Balaban J connectivity index is 1.62. The van der Waals surface area contributed by atoms with Crippen LogP contribution in [0.5, 0.6) is 11.5 Å². The smallest absolute Gasteiger partial charge is 0.183 e. The van der Waals surface area contributed by atoms with Crippen LogP contribution in [0.4, 0.5) is 5.13 Å². The molecule has 7 heteroatoms. The number of hydrogen-bond donors (Lipinski definition) is 1. The Bertz CT molecular complexity index is 656. The number of carboxylic acid groups (broad SMARTS) is 1. The molecule has 0 fully saturated rings. The van der Waals surface area contributed by atoms with Gasteiger partial charge in [0.15, 0.2) is 16.6 Å². The van der Waals surface area contributed by atoms with Crippen molar-refractivity contribution >= 4 is 22.4 Å². The number of carboxylic acids is 1. The number of carbonyl (C=O) groups is 1. The van der Waals surface area contributed by atoms with Crippen LogP contribution in [0.3, 0.4) is 0 Å². The van der Waals surface area contributed by atoms with E-state index in [9.17, 15) is 9.90 Å². The van der Waals surface area contributed by atoms with Crippen LogP contribution in [0.1, 0.15) is 11.3 Å². The average Bonchev–Trinajstić information content (AvgIpc) is 2.91. The van der Waals surface area contributed by atoms with E-state index in [1.165, 1.54) is 11.3 Å². The number of anilines is 1. The number of aromatic nitrogens is 1. The summed E-state index contributed by atoms with van der Waals surface area (Å²) >= 11 is 1.37.